The molecule has 2 rings (SSSR count). The maximum Gasteiger partial charge on any atom is 0.309 e. The number of ether oxygens (including phenoxy) is 2. The van der Waals surface area contributed by atoms with E-state index in [1.807, 2.05) is 0 Å². The molecular formula is C22H31N3O6S2. The highest BCUT2D eigenvalue weighted by Gasteiger charge is 2.25. The first-order valence-electron chi connectivity index (χ1n) is 10.6. The van der Waals surface area contributed by atoms with Crippen LogP contribution >= 0.6 is 11.3 Å². The van der Waals surface area contributed by atoms with Crippen LogP contribution in [0.25, 0.3) is 0 Å². The zero-order valence-electron chi connectivity index (χ0n) is 19.1. The zero-order valence-corrected chi connectivity index (χ0v) is 20.7. The van der Waals surface area contributed by atoms with E-state index in [1.165, 1.54) is 30.6 Å². The van der Waals surface area contributed by atoms with Crippen LogP contribution in [0.1, 0.15) is 35.5 Å². The first kappa shape index (κ1) is 26.9. The number of esters is 1. The molecule has 2 aromatic rings. The molecule has 0 saturated carbocycles. The van der Waals surface area contributed by atoms with E-state index in [1.54, 1.807) is 29.6 Å². The van der Waals surface area contributed by atoms with Gasteiger partial charge in [-0.2, -0.15) is 4.72 Å². The van der Waals surface area contributed by atoms with Crippen LogP contribution in [0.4, 0.5) is 0 Å². The van der Waals surface area contributed by atoms with Crippen molar-refractivity contribution in [3.63, 3.8) is 0 Å². The molecule has 0 radical (unpaired) electrons. The second-order valence-corrected chi connectivity index (χ2v) is 9.79. The molecule has 1 heterocycles. The van der Waals surface area contributed by atoms with Gasteiger partial charge in [-0.1, -0.05) is 32.0 Å². The number of amides is 1. The normalized spacial score (nSPS) is 12.5. The highest BCUT2D eigenvalue weighted by Crippen LogP contribution is 2.14. The van der Waals surface area contributed by atoms with Crippen molar-refractivity contribution < 1.29 is 27.5 Å². The molecule has 0 aliphatic heterocycles. The van der Waals surface area contributed by atoms with Gasteiger partial charge >= 0.3 is 5.97 Å². The van der Waals surface area contributed by atoms with Gasteiger partial charge in [-0.05, 0) is 42.2 Å². The minimum Gasteiger partial charge on any atom is -0.469 e. The molecule has 0 aliphatic carbocycles. The number of rotatable bonds is 14. The average molecular weight is 498 g/mol. The average Bonchev–Trinajstić information content (AvgIpc) is 3.34. The molecule has 1 atom stereocenters. The molecule has 0 saturated heterocycles. The number of carbonyl (C=O) groups is 2. The molecule has 0 aliphatic rings. The zero-order chi connectivity index (χ0) is 24.3. The number of nitrogens with zero attached hydrogens (tertiary/aromatic N) is 1. The number of hydrogen-bond donors (Lipinski definition) is 2. The molecular weight excluding hydrogens is 466 g/mol. The number of nitrogens with one attached hydrogen (secondary N) is 2. The van der Waals surface area contributed by atoms with Gasteiger partial charge in [-0.25, -0.2) is 8.42 Å². The number of benzene rings is 1. The van der Waals surface area contributed by atoms with Gasteiger partial charge in [0.1, 0.15) is 6.17 Å². The monoisotopic (exact) mass is 497 g/mol. The van der Waals surface area contributed by atoms with Crippen LogP contribution in [-0.2, 0) is 30.9 Å². The molecule has 11 heteroatoms. The van der Waals surface area contributed by atoms with Gasteiger partial charge in [0.05, 0.1) is 36.5 Å². The minimum atomic E-state index is -4.04. The SMILES string of the molecule is CCN(CC)CCOCc1cccc(S(=O)(=O)N[C@@H](CC(=O)OC)NC(=O)c2cccs2)c1. The lowest BCUT2D eigenvalue weighted by Crippen LogP contribution is -2.49. The molecule has 0 fully saturated rings. The van der Waals surface area contributed by atoms with Gasteiger partial charge in [0.15, 0.2) is 0 Å². The van der Waals surface area contributed by atoms with Crippen LogP contribution in [0.5, 0.6) is 0 Å². The molecule has 1 aromatic heterocycles. The van der Waals surface area contributed by atoms with E-state index in [0.29, 0.717) is 17.0 Å². The van der Waals surface area contributed by atoms with E-state index < -0.39 is 28.1 Å². The van der Waals surface area contributed by atoms with Crippen molar-refractivity contribution in [2.75, 3.05) is 33.4 Å². The fourth-order valence-corrected chi connectivity index (χ4v) is 4.83. The Morgan fingerprint density at radius 1 is 1.15 bits per heavy atom. The van der Waals surface area contributed by atoms with Crippen molar-refractivity contribution in [3.05, 3.63) is 52.2 Å². The third-order valence-corrected chi connectivity index (χ3v) is 7.21. The topological polar surface area (TPSA) is 114 Å². The number of thiophene rings is 1. The van der Waals surface area contributed by atoms with Crippen molar-refractivity contribution in [1.82, 2.24) is 14.9 Å². The molecule has 0 unspecified atom stereocenters. The maximum absolute atomic E-state index is 13.0. The van der Waals surface area contributed by atoms with Gasteiger partial charge in [-0.15, -0.1) is 11.3 Å². The third kappa shape index (κ3) is 8.86. The maximum atomic E-state index is 13.0. The Labute approximate surface area is 199 Å². The molecule has 0 bridgehead atoms. The van der Waals surface area contributed by atoms with Crippen molar-refractivity contribution in [2.24, 2.45) is 0 Å². The van der Waals surface area contributed by atoms with Crippen LogP contribution in [0.15, 0.2) is 46.7 Å². The van der Waals surface area contributed by atoms with Crippen molar-refractivity contribution in [3.8, 4) is 0 Å². The predicted molar refractivity (Wildman–Crippen MR) is 126 cm³/mol. The van der Waals surface area contributed by atoms with Crippen molar-refractivity contribution >= 4 is 33.2 Å². The highest BCUT2D eigenvalue weighted by atomic mass is 32.2. The van der Waals surface area contributed by atoms with Crippen LogP contribution in [0.3, 0.4) is 0 Å². The van der Waals surface area contributed by atoms with Gasteiger partial charge in [0, 0.05) is 6.54 Å². The van der Waals surface area contributed by atoms with E-state index in [-0.39, 0.29) is 17.9 Å². The number of methoxy groups -OCH3 is 1. The van der Waals surface area contributed by atoms with Gasteiger partial charge in [0.25, 0.3) is 5.91 Å². The molecule has 33 heavy (non-hydrogen) atoms. The summed E-state index contributed by atoms with van der Waals surface area (Å²) in [7, 11) is -2.84. The largest absolute Gasteiger partial charge is 0.469 e. The summed E-state index contributed by atoms with van der Waals surface area (Å²) in [5.74, 6) is -1.15. The Hall–Kier alpha value is -2.31. The van der Waals surface area contributed by atoms with E-state index >= 15 is 0 Å². The number of carbonyl (C=O) groups excluding carboxylic acids is 2. The van der Waals surface area contributed by atoms with Gasteiger partial charge < -0.3 is 19.7 Å². The van der Waals surface area contributed by atoms with Crippen LogP contribution in [0, 0.1) is 0 Å². The molecule has 182 valence electrons. The first-order chi connectivity index (χ1) is 15.8. The summed E-state index contributed by atoms with van der Waals surface area (Å²) in [6, 6.07) is 9.66. The predicted octanol–water partition coefficient (Wildman–Crippen LogP) is 2.20. The Morgan fingerprint density at radius 2 is 1.91 bits per heavy atom. The van der Waals surface area contributed by atoms with E-state index in [9.17, 15) is 18.0 Å². The van der Waals surface area contributed by atoms with Gasteiger partial charge in [-0.3, -0.25) is 9.59 Å². The smallest absolute Gasteiger partial charge is 0.309 e. The molecule has 1 aromatic carbocycles. The molecule has 0 spiro atoms. The Balaban J connectivity index is 2.06. The van der Waals surface area contributed by atoms with E-state index in [0.717, 1.165) is 19.6 Å². The lowest BCUT2D eigenvalue weighted by atomic mass is 10.2. The second-order valence-electron chi connectivity index (χ2n) is 7.13. The summed E-state index contributed by atoms with van der Waals surface area (Å²) in [6.45, 7) is 7.65. The summed E-state index contributed by atoms with van der Waals surface area (Å²) in [4.78, 5) is 26.8. The first-order valence-corrected chi connectivity index (χ1v) is 13.0. The summed E-state index contributed by atoms with van der Waals surface area (Å²) in [5, 5.41) is 4.27. The lowest BCUT2D eigenvalue weighted by Gasteiger charge is -2.19. The highest BCUT2D eigenvalue weighted by molar-refractivity contribution is 7.89. The number of likely N-dealkylation sites (N-methyl/N-ethyl adjacent to an activating group) is 1. The molecule has 9 nitrogen and oxygen atoms in total. The minimum absolute atomic E-state index is 0.00702. The van der Waals surface area contributed by atoms with Crippen molar-refractivity contribution in [2.45, 2.75) is 37.9 Å². The van der Waals surface area contributed by atoms with Crippen LogP contribution < -0.4 is 10.0 Å². The third-order valence-electron chi connectivity index (χ3n) is 4.87. The Bertz CT molecular complexity index is 991. The summed E-state index contributed by atoms with van der Waals surface area (Å²) < 4.78 is 38.7. The van der Waals surface area contributed by atoms with Crippen LogP contribution in [-0.4, -0.2) is 64.7 Å². The second kappa shape index (κ2) is 13.4. The van der Waals surface area contributed by atoms with Crippen LogP contribution in [0.2, 0.25) is 0 Å². The Kier molecular flexibility index (Phi) is 10.9. The van der Waals surface area contributed by atoms with Crippen molar-refractivity contribution in [1.29, 1.82) is 0 Å². The fourth-order valence-electron chi connectivity index (χ4n) is 2.99. The number of hydrogen-bond acceptors (Lipinski definition) is 8. The van der Waals surface area contributed by atoms with E-state index in [2.05, 4.69) is 33.5 Å². The summed E-state index contributed by atoms with van der Waals surface area (Å²) in [5.41, 5.74) is 0.699. The summed E-state index contributed by atoms with van der Waals surface area (Å²) >= 11 is 1.21. The number of sulfonamides is 1. The fraction of sp³-hybridized carbons (Fsp3) is 0.455. The molecule has 1 amide bonds. The quantitative estimate of drug-likeness (QED) is 0.234. The lowest BCUT2D eigenvalue weighted by molar-refractivity contribution is -0.141. The van der Waals surface area contributed by atoms with Gasteiger partial charge in [0.2, 0.25) is 10.0 Å². The Morgan fingerprint density at radius 3 is 2.55 bits per heavy atom. The molecule has 2 N–H and O–H groups in total. The van der Waals surface area contributed by atoms with E-state index in [4.69, 9.17) is 4.74 Å². The standard InChI is InChI=1S/C22H31N3O6S2/c1-4-25(5-2)11-12-31-16-17-8-6-9-18(14-17)33(28,29)24-20(15-21(26)30-3)23-22(27)19-10-7-13-32-19/h6-10,13-14,20,24H,4-5,11-12,15-16H2,1-3H3,(H,23,27)/t20-/m0/s1. The summed E-state index contributed by atoms with van der Waals surface area (Å²) in [6.07, 6.45) is -1.54.